The molecule has 8 nitrogen and oxygen atoms in total. The Hall–Kier alpha value is -2.02. The summed E-state index contributed by atoms with van der Waals surface area (Å²) in [7, 11) is 0. The number of aliphatic carboxylic acids is 2. The summed E-state index contributed by atoms with van der Waals surface area (Å²) in [6.07, 6.45) is 44.9. The molecule has 0 N–H and O–H groups in total. The van der Waals surface area contributed by atoms with E-state index in [4.69, 9.17) is 9.47 Å². The minimum absolute atomic E-state index is 0. The van der Waals surface area contributed by atoms with Crippen molar-refractivity contribution in [3.05, 3.63) is 24.3 Å². The monoisotopic (exact) mass is 798 g/mol. The Balaban J connectivity index is -0.000000926. The van der Waals surface area contributed by atoms with E-state index < -0.39 is 23.9 Å². The van der Waals surface area contributed by atoms with E-state index in [1.54, 1.807) is 0 Å². The maximum atomic E-state index is 11.1. The summed E-state index contributed by atoms with van der Waals surface area (Å²) in [6, 6.07) is 0. The second kappa shape index (κ2) is 48.0. The fourth-order valence-electron chi connectivity index (χ4n) is 6.01. The maximum Gasteiger partial charge on any atom is 2.00 e. The number of hydrogen-bond acceptors (Lipinski definition) is 8. The minimum Gasteiger partial charge on any atom is -0.545 e. The van der Waals surface area contributed by atoms with Crippen LogP contribution in [0.3, 0.4) is 0 Å². The third-order valence-electron chi connectivity index (χ3n) is 9.20. The van der Waals surface area contributed by atoms with Crippen molar-refractivity contribution < 1.29 is 58.3 Å². The summed E-state index contributed by atoms with van der Waals surface area (Å²) in [5, 5.41) is 20.3. The van der Waals surface area contributed by atoms with E-state index in [1.807, 2.05) is 0 Å². The first-order valence-electron chi connectivity index (χ1n) is 21.4. The van der Waals surface area contributed by atoms with Crippen molar-refractivity contribution in [1.29, 1.82) is 0 Å². The molecule has 0 aliphatic heterocycles. The molecule has 0 radical (unpaired) electrons. The van der Waals surface area contributed by atoms with Crippen LogP contribution in [0.2, 0.25) is 0 Å². The van der Waals surface area contributed by atoms with Gasteiger partial charge >= 0.3 is 31.4 Å². The summed E-state index contributed by atoms with van der Waals surface area (Å²) in [4.78, 5) is 42.5. The second-order valence-corrected chi connectivity index (χ2v) is 14.2. The van der Waals surface area contributed by atoms with Crippen molar-refractivity contribution in [2.75, 3.05) is 13.2 Å². The van der Waals surface area contributed by atoms with E-state index in [0.29, 0.717) is 25.4 Å². The van der Waals surface area contributed by atoms with Crippen LogP contribution in [0.15, 0.2) is 24.3 Å². The van der Waals surface area contributed by atoms with E-state index in [2.05, 4.69) is 13.8 Å². The first-order valence-corrected chi connectivity index (χ1v) is 21.4. The zero-order valence-corrected chi connectivity index (χ0v) is 37.3. The predicted octanol–water partition coefficient (Wildman–Crippen LogP) is 10.2. The molecule has 0 aromatic rings. The van der Waals surface area contributed by atoms with Gasteiger partial charge in [-0.05, 0) is 25.0 Å². The summed E-state index contributed by atoms with van der Waals surface area (Å²) in [5.41, 5.74) is 0. The van der Waals surface area contributed by atoms with Crippen LogP contribution in [-0.2, 0) is 48.1 Å². The van der Waals surface area contributed by atoms with Crippen LogP contribution in [0.25, 0.3) is 0 Å². The van der Waals surface area contributed by atoms with Gasteiger partial charge < -0.3 is 29.3 Å². The van der Waals surface area contributed by atoms with Gasteiger partial charge in [0.15, 0.2) is 0 Å². The normalized spacial score (nSPS) is 10.9. The summed E-state index contributed by atoms with van der Waals surface area (Å²) < 4.78 is 9.79. The second-order valence-electron chi connectivity index (χ2n) is 14.2. The number of carboxylic acid groups (broad SMARTS) is 2. The van der Waals surface area contributed by atoms with Gasteiger partial charge in [-0.15, -0.1) is 0 Å². The van der Waals surface area contributed by atoms with Crippen LogP contribution in [-0.4, -0.2) is 37.1 Å². The molecule has 0 amide bonds. The third kappa shape index (κ3) is 54.4. The van der Waals surface area contributed by atoms with Crippen molar-refractivity contribution in [2.45, 2.75) is 219 Å². The SMILES string of the molecule is CCCCCCCCCCCCCCCCCCOC(=O)/C=C\C(=O)[O-].CCCCCCCCCCCCCCCCCCOC(=O)/C=C\C(=O)[O-].[Zn+2]. The van der Waals surface area contributed by atoms with Crippen molar-refractivity contribution in [3.63, 3.8) is 0 Å². The van der Waals surface area contributed by atoms with Crippen LogP contribution in [0.5, 0.6) is 0 Å². The average molecular weight is 800 g/mol. The average Bonchev–Trinajstić information content (AvgIpc) is 3.12. The molecular weight excluding hydrogens is 722 g/mol. The Morgan fingerprint density at radius 2 is 0.528 bits per heavy atom. The fourth-order valence-corrected chi connectivity index (χ4v) is 6.01. The number of rotatable bonds is 38. The number of esters is 2. The van der Waals surface area contributed by atoms with Crippen LogP contribution < -0.4 is 10.2 Å². The van der Waals surface area contributed by atoms with Gasteiger partial charge in [0.25, 0.3) is 0 Å². The van der Waals surface area contributed by atoms with Crippen LogP contribution in [0.1, 0.15) is 219 Å². The molecule has 0 fully saturated rings. The van der Waals surface area contributed by atoms with Gasteiger partial charge in [0, 0.05) is 12.2 Å². The number of unbranched alkanes of at least 4 members (excludes halogenated alkanes) is 30. The molecule has 0 aliphatic carbocycles. The molecule has 0 spiro atoms. The molecular formula is C44H78O8Zn. The molecule has 0 aromatic carbocycles. The molecule has 9 heteroatoms. The Labute approximate surface area is 337 Å². The number of ether oxygens (including phenoxy) is 2. The number of carbonyl (C=O) groups is 4. The van der Waals surface area contributed by atoms with Crippen molar-refractivity contribution in [3.8, 4) is 0 Å². The topological polar surface area (TPSA) is 133 Å². The quantitative estimate of drug-likeness (QED) is 0.0261. The van der Waals surface area contributed by atoms with Gasteiger partial charge in [0.1, 0.15) is 0 Å². The predicted molar refractivity (Wildman–Crippen MR) is 209 cm³/mol. The van der Waals surface area contributed by atoms with E-state index in [-0.39, 0.29) is 19.5 Å². The van der Waals surface area contributed by atoms with Crippen LogP contribution in [0.4, 0.5) is 0 Å². The molecule has 0 aliphatic rings. The van der Waals surface area contributed by atoms with Crippen molar-refractivity contribution in [1.82, 2.24) is 0 Å². The van der Waals surface area contributed by atoms with Gasteiger partial charge in [-0.25, -0.2) is 9.59 Å². The molecule has 0 unspecified atom stereocenters. The molecule has 0 heterocycles. The minimum atomic E-state index is -1.38. The number of carbonyl (C=O) groups excluding carboxylic acids is 4. The van der Waals surface area contributed by atoms with E-state index in [1.165, 1.54) is 180 Å². The molecule has 0 rings (SSSR count). The molecule has 53 heavy (non-hydrogen) atoms. The Bertz CT molecular complexity index is 803. The first-order chi connectivity index (χ1) is 25.3. The van der Waals surface area contributed by atoms with Gasteiger partial charge in [-0.1, -0.05) is 206 Å². The molecule has 0 saturated carbocycles. The Morgan fingerprint density at radius 3 is 0.717 bits per heavy atom. The zero-order valence-electron chi connectivity index (χ0n) is 34.3. The molecule has 0 saturated heterocycles. The van der Waals surface area contributed by atoms with Gasteiger partial charge in [0.05, 0.1) is 25.2 Å². The first kappa shape index (κ1) is 55.3. The smallest absolute Gasteiger partial charge is 0.545 e. The number of carboxylic acids is 2. The van der Waals surface area contributed by atoms with Crippen molar-refractivity contribution in [2.24, 2.45) is 0 Å². The zero-order chi connectivity index (χ0) is 38.6. The fraction of sp³-hybridized carbons (Fsp3) is 0.818. The summed E-state index contributed by atoms with van der Waals surface area (Å²) in [5.74, 6) is -4.00. The summed E-state index contributed by atoms with van der Waals surface area (Å²) in [6.45, 7) is 5.24. The molecule has 0 aromatic heterocycles. The van der Waals surface area contributed by atoms with Gasteiger partial charge in [0.2, 0.25) is 0 Å². The van der Waals surface area contributed by atoms with Gasteiger partial charge in [-0.3, -0.25) is 0 Å². The number of hydrogen-bond donors (Lipinski definition) is 0. The Morgan fingerprint density at radius 1 is 0.340 bits per heavy atom. The maximum absolute atomic E-state index is 11.1. The van der Waals surface area contributed by atoms with E-state index >= 15 is 0 Å². The van der Waals surface area contributed by atoms with E-state index in [9.17, 15) is 29.4 Å². The molecule has 0 bridgehead atoms. The van der Waals surface area contributed by atoms with Crippen LogP contribution >= 0.6 is 0 Å². The summed E-state index contributed by atoms with van der Waals surface area (Å²) >= 11 is 0. The molecule has 304 valence electrons. The largest absolute Gasteiger partial charge is 2.00 e. The van der Waals surface area contributed by atoms with Crippen molar-refractivity contribution >= 4 is 23.9 Å². The van der Waals surface area contributed by atoms with E-state index in [0.717, 1.165) is 37.8 Å². The van der Waals surface area contributed by atoms with Crippen LogP contribution in [0, 0.1) is 0 Å². The van der Waals surface area contributed by atoms with Gasteiger partial charge in [-0.2, -0.15) is 0 Å². The third-order valence-corrected chi connectivity index (χ3v) is 9.20. The molecule has 0 atom stereocenters. The standard InChI is InChI=1S/2C22H40O4.Zn/c2*1-2-3-4-5-6-7-8-9-10-11-12-13-14-15-16-17-20-26-22(25)19-18-21(23)24;/h2*18-19H,2-17,20H2,1H3,(H,23,24);/q;;+2/p-2/b2*19-18-;. The Kier molecular flexibility index (Phi) is 50.1.